The smallest absolute Gasteiger partial charge is 0.328 e. The number of piperidine rings is 1. The quantitative estimate of drug-likeness (QED) is 0.446. The molecule has 3 rings (SSSR count). The molecule has 2 aromatic carbocycles. The van der Waals surface area contributed by atoms with Gasteiger partial charge in [0, 0.05) is 19.0 Å². The highest BCUT2D eigenvalue weighted by Gasteiger charge is 2.30. The lowest BCUT2D eigenvalue weighted by atomic mass is 9.98. The van der Waals surface area contributed by atoms with Crippen molar-refractivity contribution in [2.75, 3.05) is 32.8 Å². The van der Waals surface area contributed by atoms with Gasteiger partial charge < -0.3 is 29.9 Å². The van der Waals surface area contributed by atoms with Crippen LogP contribution in [-0.2, 0) is 4.79 Å². The van der Waals surface area contributed by atoms with Crippen LogP contribution in [0, 0.1) is 11.7 Å². The number of halogens is 1. The van der Waals surface area contributed by atoms with Gasteiger partial charge in [-0.1, -0.05) is 12.1 Å². The van der Waals surface area contributed by atoms with Gasteiger partial charge in [-0.2, -0.15) is 0 Å². The van der Waals surface area contributed by atoms with E-state index in [9.17, 15) is 24.2 Å². The molecular weight excluding hydrogens is 455 g/mol. The van der Waals surface area contributed by atoms with Crippen LogP contribution in [0.4, 0.5) is 4.39 Å². The Morgan fingerprint density at radius 2 is 1.89 bits per heavy atom. The number of nitrogens with one attached hydrogen (secondary N) is 1. The van der Waals surface area contributed by atoms with Gasteiger partial charge in [0.05, 0.1) is 12.2 Å². The summed E-state index contributed by atoms with van der Waals surface area (Å²) >= 11 is 0. The van der Waals surface area contributed by atoms with Gasteiger partial charge in [0.25, 0.3) is 5.91 Å². The summed E-state index contributed by atoms with van der Waals surface area (Å²) in [4.78, 5) is 26.1. The standard InChI is InChI=1S/C26H33FN2O6/c1-26(2,25(32)33)28-24(31)22-7-3-4-8-23(22)35-17-20(30)15-29-13-5-6-18(14-29)16-34-21-11-9-19(27)10-12-21/h3-4,7-12,18,20,30H,5-6,13-17H2,1-2H3,(H,28,31)(H,32,33). The van der Waals surface area contributed by atoms with Crippen molar-refractivity contribution in [3.8, 4) is 11.5 Å². The molecule has 1 heterocycles. The zero-order valence-electron chi connectivity index (χ0n) is 20.1. The van der Waals surface area contributed by atoms with E-state index in [2.05, 4.69) is 10.2 Å². The van der Waals surface area contributed by atoms with Gasteiger partial charge in [0.15, 0.2) is 0 Å². The van der Waals surface area contributed by atoms with Crippen LogP contribution in [0.1, 0.15) is 37.0 Å². The summed E-state index contributed by atoms with van der Waals surface area (Å²) in [6, 6.07) is 12.5. The van der Waals surface area contributed by atoms with E-state index in [4.69, 9.17) is 9.47 Å². The summed E-state index contributed by atoms with van der Waals surface area (Å²) in [5.74, 6) is -0.820. The van der Waals surface area contributed by atoms with Crippen LogP contribution in [0.25, 0.3) is 0 Å². The highest BCUT2D eigenvalue weighted by Crippen LogP contribution is 2.21. The number of hydrogen-bond donors (Lipinski definition) is 3. The third-order valence-corrected chi connectivity index (χ3v) is 5.90. The number of carboxylic acid groups (broad SMARTS) is 1. The fourth-order valence-corrected chi connectivity index (χ4v) is 3.92. The maximum Gasteiger partial charge on any atom is 0.328 e. The Balaban J connectivity index is 1.48. The number of aliphatic hydroxyl groups excluding tert-OH is 1. The number of hydrogen-bond acceptors (Lipinski definition) is 6. The van der Waals surface area contributed by atoms with Gasteiger partial charge in [0.2, 0.25) is 0 Å². The van der Waals surface area contributed by atoms with E-state index in [1.165, 1.54) is 26.0 Å². The Morgan fingerprint density at radius 3 is 2.60 bits per heavy atom. The number of amides is 1. The Morgan fingerprint density at radius 1 is 1.17 bits per heavy atom. The number of carbonyl (C=O) groups excluding carboxylic acids is 1. The van der Waals surface area contributed by atoms with Gasteiger partial charge in [-0.3, -0.25) is 4.79 Å². The first-order valence-electron chi connectivity index (χ1n) is 11.7. The summed E-state index contributed by atoms with van der Waals surface area (Å²) in [6.45, 7) is 5.33. The molecule has 3 N–H and O–H groups in total. The highest BCUT2D eigenvalue weighted by atomic mass is 19.1. The number of ether oxygens (including phenoxy) is 2. The molecule has 0 radical (unpaired) electrons. The Bertz CT molecular complexity index is 998. The molecule has 2 aromatic rings. The minimum Gasteiger partial charge on any atom is -0.493 e. The summed E-state index contributed by atoms with van der Waals surface area (Å²) < 4.78 is 24.6. The predicted molar refractivity (Wildman–Crippen MR) is 128 cm³/mol. The molecule has 1 aliphatic heterocycles. The third-order valence-electron chi connectivity index (χ3n) is 5.90. The molecule has 1 fully saturated rings. The molecule has 9 heteroatoms. The minimum absolute atomic E-state index is 0.0140. The van der Waals surface area contributed by atoms with Gasteiger partial charge in [-0.25, -0.2) is 9.18 Å². The second-order valence-electron chi connectivity index (χ2n) is 9.38. The second-order valence-corrected chi connectivity index (χ2v) is 9.38. The van der Waals surface area contributed by atoms with Crippen LogP contribution in [-0.4, -0.2) is 71.5 Å². The van der Waals surface area contributed by atoms with Crippen LogP contribution < -0.4 is 14.8 Å². The zero-order valence-corrected chi connectivity index (χ0v) is 20.1. The third kappa shape index (κ3) is 7.93. The molecule has 8 nitrogen and oxygen atoms in total. The molecule has 190 valence electrons. The summed E-state index contributed by atoms with van der Waals surface area (Å²) in [5.41, 5.74) is -1.24. The molecule has 0 saturated carbocycles. The van der Waals surface area contributed by atoms with E-state index in [-0.39, 0.29) is 23.7 Å². The van der Waals surface area contributed by atoms with Crippen molar-refractivity contribution in [3.63, 3.8) is 0 Å². The predicted octanol–water partition coefficient (Wildman–Crippen LogP) is 2.95. The molecule has 2 atom stereocenters. The number of aliphatic carboxylic acids is 1. The maximum absolute atomic E-state index is 13.0. The Labute approximate surface area is 204 Å². The van der Waals surface area contributed by atoms with Crippen LogP contribution in [0.5, 0.6) is 11.5 Å². The molecule has 0 spiro atoms. The van der Waals surface area contributed by atoms with E-state index >= 15 is 0 Å². The first-order chi connectivity index (χ1) is 16.6. The largest absolute Gasteiger partial charge is 0.493 e. The zero-order chi connectivity index (χ0) is 25.4. The van der Waals surface area contributed by atoms with E-state index in [1.807, 2.05) is 0 Å². The van der Waals surface area contributed by atoms with E-state index in [0.29, 0.717) is 24.8 Å². The van der Waals surface area contributed by atoms with Crippen molar-refractivity contribution in [2.45, 2.75) is 38.3 Å². The second kappa shape index (κ2) is 12.0. The van der Waals surface area contributed by atoms with Crippen molar-refractivity contribution in [3.05, 3.63) is 59.9 Å². The normalized spacial score (nSPS) is 17.4. The number of β-amino-alcohol motifs (C(OH)–C–C–N with tert-alkyl or cyclic N) is 1. The molecule has 0 aromatic heterocycles. The van der Waals surface area contributed by atoms with E-state index < -0.39 is 23.5 Å². The molecule has 1 amide bonds. The first-order valence-corrected chi connectivity index (χ1v) is 11.7. The number of likely N-dealkylation sites (tertiary alicyclic amines) is 1. The van der Waals surface area contributed by atoms with Crippen molar-refractivity contribution < 1.29 is 33.7 Å². The topological polar surface area (TPSA) is 108 Å². The summed E-state index contributed by atoms with van der Waals surface area (Å²) in [5, 5.41) is 22.3. The SMILES string of the molecule is CC(C)(NC(=O)c1ccccc1OCC(O)CN1CCCC(COc2ccc(F)cc2)C1)C(=O)O. The van der Waals surface area contributed by atoms with Gasteiger partial charge in [-0.05, 0) is 69.6 Å². The molecule has 0 bridgehead atoms. The molecule has 1 aliphatic rings. The van der Waals surface area contributed by atoms with E-state index in [1.54, 1.807) is 36.4 Å². The van der Waals surface area contributed by atoms with Crippen molar-refractivity contribution in [1.29, 1.82) is 0 Å². The molecular formula is C26H33FN2O6. The van der Waals surface area contributed by atoms with Crippen LogP contribution >= 0.6 is 0 Å². The number of benzene rings is 2. The first kappa shape index (κ1) is 26.4. The lowest BCUT2D eigenvalue weighted by Gasteiger charge is -2.33. The monoisotopic (exact) mass is 488 g/mol. The lowest BCUT2D eigenvalue weighted by molar-refractivity contribution is -0.143. The van der Waals surface area contributed by atoms with Gasteiger partial charge >= 0.3 is 5.97 Å². The molecule has 1 saturated heterocycles. The Hall–Kier alpha value is -3.17. The molecule has 2 unspecified atom stereocenters. The fraction of sp³-hybridized carbons (Fsp3) is 0.462. The summed E-state index contributed by atoms with van der Waals surface area (Å²) in [7, 11) is 0. The van der Waals surface area contributed by atoms with Crippen molar-refractivity contribution in [2.24, 2.45) is 5.92 Å². The van der Waals surface area contributed by atoms with Crippen molar-refractivity contribution >= 4 is 11.9 Å². The number of nitrogens with zero attached hydrogens (tertiary/aromatic N) is 1. The summed E-state index contributed by atoms with van der Waals surface area (Å²) in [6.07, 6.45) is 1.21. The average Bonchev–Trinajstić information content (AvgIpc) is 2.82. The number of rotatable bonds is 11. The number of para-hydroxylation sites is 1. The minimum atomic E-state index is -1.44. The van der Waals surface area contributed by atoms with Gasteiger partial charge in [0.1, 0.15) is 35.6 Å². The molecule has 0 aliphatic carbocycles. The van der Waals surface area contributed by atoms with Crippen LogP contribution in [0.3, 0.4) is 0 Å². The number of carbonyl (C=O) groups is 2. The van der Waals surface area contributed by atoms with Crippen LogP contribution in [0.2, 0.25) is 0 Å². The Kier molecular flexibility index (Phi) is 9.06. The van der Waals surface area contributed by atoms with Crippen molar-refractivity contribution in [1.82, 2.24) is 10.2 Å². The number of carboxylic acids is 1. The fourth-order valence-electron chi connectivity index (χ4n) is 3.92. The highest BCUT2D eigenvalue weighted by molar-refractivity contribution is 5.99. The van der Waals surface area contributed by atoms with Crippen LogP contribution in [0.15, 0.2) is 48.5 Å². The molecule has 35 heavy (non-hydrogen) atoms. The lowest BCUT2D eigenvalue weighted by Crippen LogP contribution is -2.49. The maximum atomic E-state index is 13.0. The van der Waals surface area contributed by atoms with E-state index in [0.717, 1.165) is 25.9 Å². The van der Waals surface area contributed by atoms with Gasteiger partial charge in [-0.15, -0.1) is 0 Å². The number of aliphatic hydroxyl groups is 1. The average molecular weight is 489 g/mol.